The van der Waals surface area contributed by atoms with Gasteiger partial charge < -0.3 is 14.4 Å². The number of carbonyl (C=O) groups excluding carboxylic acids is 1. The van der Waals surface area contributed by atoms with Crippen molar-refractivity contribution < 1.29 is 14.3 Å². The summed E-state index contributed by atoms with van der Waals surface area (Å²) < 4.78 is 11.3. The molecule has 2 aromatic rings. The van der Waals surface area contributed by atoms with Gasteiger partial charge in [0.15, 0.2) is 11.5 Å². The van der Waals surface area contributed by atoms with E-state index < -0.39 is 0 Å². The zero-order valence-electron chi connectivity index (χ0n) is 15.2. The van der Waals surface area contributed by atoms with E-state index in [-0.39, 0.29) is 11.8 Å². The van der Waals surface area contributed by atoms with Gasteiger partial charge in [-0.25, -0.2) is 0 Å². The third-order valence-electron chi connectivity index (χ3n) is 5.78. The molecule has 1 N–H and O–H groups in total. The van der Waals surface area contributed by atoms with Crippen molar-refractivity contribution in [3.63, 3.8) is 0 Å². The Morgan fingerprint density at radius 3 is 2.93 bits per heavy atom. The lowest BCUT2D eigenvalue weighted by Crippen LogP contribution is -2.38. The Morgan fingerprint density at radius 1 is 1.19 bits per heavy atom. The number of amides is 1. The van der Waals surface area contributed by atoms with Gasteiger partial charge in [-0.2, -0.15) is 5.10 Å². The van der Waals surface area contributed by atoms with Crippen LogP contribution in [0, 0.1) is 0 Å². The fourth-order valence-electron chi connectivity index (χ4n) is 4.31. The lowest BCUT2D eigenvalue weighted by Gasteiger charge is -2.31. The number of nitrogens with zero attached hydrogens (tertiary/aromatic N) is 2. The summed E-state index contributed by atoms with van der Waals surface area (Å²) in [6.45, 7) is 2.61. The quantitative estimate of drug-likeness (QED) is 0.889. The van der Waals surface area contributed by atoms with Gasteiger partial charge in [-0.15, -0.1) is 0 Å². The molecule has 6 nitrogen and oxygen atoms in total. The number of aromatic amines is 1. The monoisotopic (exact) mass is 365 g/mol. The van der Waals surface area contributed by atoms with E-state index >= 15 is 0 Å². The fraction of sp³-hybridized carbons (Fsp3) is 0.429. The molecular weight excluding hydrogens is 342 g/mol. The minimum atomic E-state index is -0.0447. The Bertz CT molecular complexity index is 902. The summed E-state index contributed by atoms with van der Waals surface area (Å²) in [5, 5.41) is 7.18. The van der Waals surface area contributed by atoms with E-state index in [1.165, 1.54) is 5.57 Å². The van der Waals surface area contributed by atoms with Crippen LogP contribution < -0.4 is 9.47 Å². The summed E-state index contributed by atoms with van der Waals surface area (Å²) in [7, 11) is 0. The van der Waals surface area contributed by atoms with Gasteiger partial charge >= 0.3 is 0 Å². The van der Waals surface area contributed by atoms with Crippen molar-refractivity contribution in [1.29, 1.82) is 0 Å². The van der Waals surface area contributed by atoms with Crippen molar-refractivity contribution in [1.82, 2.24) is 15.1 Å². The number of H-pyrrole nitrogens is 1. The highest BCUT2D eigenvalue weighted by molar-refractivity contribution is 5.85. The first kappa shape index (κ1) is 16.4. The highest BCUT2D eigenvalue weighted by Crippen LogP contribution is 2.36. The van der Waals surface area contributed by atoms with Crippen molar-refractivity contribution in [2.24, 2.45) is 0 Å². The molecule has 1 atom stereocenters. The Morgan fingerprint density at radius 2 is 2.07 bits per heavy atom. The maximum Gasteiger partial charge on any atom is 0.230 e. The molecular formula is C21H23N3O3. The van der Waals surface area contributed by atoms with Gasteiger partial charge in [0.05, 0.1) is 12.1 Å². The number of rotatable bonds is 2. The van der Waals surface area contributed by atoms with Crippen LogP contribution in [-0.4, -0.2) is 47.3 Å². The second-order valence-corrected chi connectivity index (χ2v) is 7.37. The van der Waals surface area contributed by atoms with Crippen LogP contribution in [0.15, 0.2) is 30.5 Å². The molecule has 0 bridgehead atoms. The third kappa shape index (κ3) is 2.99. The summed E-state index contributed by atoms with van der Waals surface area (Å²) in [6.07, 6.45) is 7.81. The van der Waals surface area contributed by atoms with Gasteiger partial charge in [-0.3, -0.25) is 9.89 Å². The molecule has 0 saturated heterocycles. The van der Waals surface area contributed by atoms with Crippen LogP contribution in [0.4, 0.5) is 0 Å². The topological polar surface area (TPSA) is 67.5 Å². The lowest BCUT2D eigenvalue weighted by atomic mass is 9.85. The van der Waals surface area contributed by atoms with E-state index in [0.29, 0.717) is 19.8 Å². The molecule has 1 aromatic carbocycles. The Hall–Kier alpha value is -2.76. The van der Waals surface area contributed by atoms with E-state index in [2.05, 4.69) is 28.4 Å². The summed E-state index contributed by atoms with van der Waals surface area (Å²) in [5.74, 6) is 1.81. The normalized spacial score (nSPS) is 21.4. The van der Waals surface area contributed by atoms with Crippen LogP contribution in [0.5, 0.6) is 11.5 Å². The molecule has 0 fully saturated rings. The Labute approximate surface area is 158 Å². The molecule has 6 heteroatoms. The van der Waals surface area contributed by atoms with Crippen LogP contribution in [0.3, 0.4) is 0 Å². The predicted molar refractivity (Wildman–Crippen MR) is 101 cm³/mol. The number of nitrogens with one attached hydrogen (secondary N) is 1. The van der Waals surface area contributed by atoms with Crippen molar-refractivity contribution in [3.8, 4) is 11.5 Å². The average molecular weight is 365 g/mol. The molecule has 5 rings (SSSR count). The van der Waals surface area contributed by atoms with Gasteiger partial charge in [0.25, 0.3) is 0 Å². The van der Waals surface area contributed by atoms with Crippen molar-refractivity contribution in [2.75, 3.05) is 26.3 Å². The average Bonchev–Trinajstić information content (AvgIpc) is 3.22. The first-order valence-corrected chi connectivity index (χ1v) is 9.69. The number of hydrogen-bond donors (Lipinski definition) is 1. The molecule has 0 spiro atoms. The van der Waals surface area contributed by atoms with Gasteiger partial charge in [-0.1, -0.05) is 12.1 Å². The van der Waals surface area contributed by atoms with E-state index in [0.717, 1.165) is 60.5 Å². The zero-order chi connectivity index (χ0) is 18.2. The van der Waals surface area contributed by atoms with Gasteiger partial charge in [0.1, 0.15) is 13.2 Å². The number of aromatic nitrogens is 2. The number of benzene rings is 1. The lowest BCUT2D eigenvalue weighted by molar-refractivity contribution is -0.132. The number of hydrogen-bond acceptors (Lipinski definition) is 4. The largest absolute Gasteiger partial charge is 0.486 e. The minimum Gasteiger partial charge on any atom is -0.486 e. The molecule has 27 heavy (non-hydrogen) atoms. The maximum atomic E-state index is 13.1. The first-order valence-electron chi connectivity index (χ1n) is 9.69. The van der Waals surface area contributed by atoms with Crippen molar-refractivity contribution in [3.05, 3.63) is 47.3 Å². The fourth-order valence-corrected chi connectivity index (χ4v) is 4.31. The van der Waals surface area contributed by atoms with E-state index in [9.17, 15) is 4.79 Å². The van der Waals surface area contributed by atoms with Crippen LogP contribution in [-0.2, 0) is 11.2 Å². The summed E-state index contributed by atoms with van der Waals surface area (Å²) in [6, 6.07) is 6.11. The summed E-state index contributed by atoms with van der Waals surface area (Å²) >= 11 is 0. The summed E-state index contributed by atoms with van der Waals surface area (Å²) in [5.41, 5.74) is 4.64. The van der Waals surface area contributed by atoms with Crippen molar-refractivity contribution in [2.45, 2.75) is 31.6 Å². The molecule has 2 aliphatic heterocycles. The summed E-state index contributed by atoms with van der Waals surface area (Å²) in [4.78, 5) is 15.0. The Balaban J connectivity index is 1.31. The van der Waals surface area contributed by atoms with E-state index in [1.807, 2.05) is 17.2 Å². The zero-order valence-corrected chi connectivity index (χ0v) is 15.2. The van der Waals surface area contributed by atoms with Crippen LogP contribution in [0.25, 0.3) is 5.57 Å². The van der Waals surface area contributed by atoms with E-state index in [4.69, 9.17) is 9.47 Å². The van der Waals surface area contributed by atoms with Crippen molar-refractivity contribution >= 4 is 11.5 Å². The molecule has 0 radical (unpaired) electrons. The second kappa shape index (κ2) is 6.76. The standard InChI is InChI=1S/C21H23N3O3/c25-21(16-2-1-3-18-17(16)13-22-23-18)24-8-6-14(7-9-24)15-4-5-19-20(12-15)27-11-10-26-19/h4-6,12-13,16H,1-3,7-11H2,(H,22,23). The molecule has 1 aliphatic carbocycles. The van der Waals surface area contributed by atoms with Gasteiger partial charge in [0.2, 0.25) is 5.91 Å². The molecule has 3 aliphatic rings. The smallest absolute Gasteiger partial charge is 0.230 e. The number of carbonyl (C=O) groups is 1. The first-order chi connectivity index (χ1) is 13.3. The third-order valence-corrected chi connectivity index (χ3v) is 5.78. The molecule has 1 amide bonds. The number of ether oxygens (including phenoxy) is 2. The highest BCUT2D eigenvalue weighted by atomic mass is 16.6. The van der Waals surface area contributed by atoms with Crippen LogP contribution >= 0.6 is 0 Å². The van der Waals surface area contributed by atoms with Gasteiger partial charge in [0, 0.05) is 24.3 Å². The molecule has 140 valence electrons. The second-order valence-electron chi connectivity index (χ2n) is 7.37. The highest BCUT2D eigenvalue weighted by Gasteiger charge is 2.31. The molecule has 0 saturated carbocycles. The minimum absolute atomic E-state index is 0.0447. The maximum absolute atomic E-state index is 13.1. The molecule has 3 heterocycles. The predicted octanol–water partition coefficient (Wildman–Crippen LogP) is 2.92. The van der Waals surface area contributed by atoms with Gasteiger partial charge in [-0.05, 0) is 49.0 Å². The number of aryl methyl sites for hydroxylation is 1. The molecule has 1 unspecified atom stereocenters. The van der Waals surface area contributed by atoms with Crippen LogP contribution in [0.2, 0.25) is 0 Å². The number of fused-ring (bicyclic) bond motifs is 2. The molecule has 1 aromatic heterocycles. The van der Waals surface area contributed by atoms with E-state index in [1.54, 1.807) is 0 Å². The SMILES string of the molecule is O=C(C1CCCc2[nH]ncc21)N1CC=C(c2ccc3c(c2)OCCO3)CC1. The Kier molecular flexibility index (Phi) is 4.11. The van der Waals surface area contributed by atoms with Crippen LogP contribution in [0.1, 0.15) is 42.0 Å².